The Labute approximate surface area is 210 Å². The summed E-state index contributed by atoms with van der Waals surface area (Å²) in [6, 6.07) is 11.6. The first-order valence-electron chi connectivity index (χ1n) is 10.4. The number of halogens is 4. The van der Waals surface area contributed by atoms with Crippen molar-refractivity contribution in [3.05, 3.63) is 68.1 Å². The number of hydrogen-bond acceptors (Lipinski definition) is 4. The molecule has 0 N–H and O–H groups in total. The van der Waals surface area contributed by atoms with Crippen LogP contribution >= 0.6 is 46.4 Å². The van der Waals surface area contributed by atoms with E-state index in [9.17, 15) is 0 Å². The third-order valence-electron chi connectivity index (χ3n) is 4.56. The first-order chi connectivity index (χ1) is 15.4. The first-order valence-corrected chi connectivity index (χ1v) is 11.9. The third kappa shape index (κ3) is 9.91. The lowest BCUT2D eigenvalue weighted by molar-refractivity contribution is 0.0712. The Bertz CT molecular complexity index is 874. The summed E-state index contributed by atoms with van der Waals surface area (Å²) in [4.78, 5) is 5.32. The van der Waals surface area contributed by atoms with Gasteiger partial charge in [0.05, 0.1) is 22.9 Å². The van der Waals surface area contributed by atoms with Crippen LogP contribution in [0.25, 0.3) is 0 Å². The second kappa shape index (κ2) is 14.5. The highest BCUT2D eigenvalue weighted by Gasteiger charge is 2.10. The Kier molecular flexibility index (Phi) is 12.1. The molecule has 2 rings (SSSR count). The van der Waals surface area contributed by atoms with E-state index in [4.69, 9.17) is 60.7 Å². The molecule has 0 spiro atoms. The molecule has 4 nitrogen and oxygen atoms in total. The highest BCUT2D eigenvalue weighted by Crippen LogP contribution is 2.37. The molecule has 2 aromatic rings. The van der Waals surface area contributed by atoms with Crippen molar-refractivity contribution in [3.63, 3.8) is 0 Å². The molecule has 0 amide bonds. The third-order valence-corrected chi connectivity index (χ3v) is 5.43. The number of ether oxygens (including phenoxy) is 2. The minimum absolute atomic E-state index is 0.127. The van der Waals surface area contributed by atoms with Crippen LogP contribution in [0.15, 0.2) is 52.1 Å². The predicted molar refractivity (Wildman–Crippen MR) is 135 cm³/mol. The van der Waals surface area contributed by atoms with Crippen LogP contribution in [0.1, 0.15) is 44.2 Å². The van der Waals surface area contributed by atoms with Crippen LogP contribution in [0, 0.1) is 0 Å². The van der Waals surface area contributed by atoms with E-state index < -0.39 is 0 Å². The van der Waals surface area contributed by atoms with Crippen LogP contribution in [0.3, 0.4) is 0 Å². The molecule has 0 fully saturated rings. The van der Waals surface area contributed by atoms with E-state index in [2.05, 4.69) is 24.2 Å². The van der Waals surface area contributed by atoms with E-state index in [1.165, 1.54) is 11.6 Å². The lowest BCUT2D eigenvalue weighted by Gasteiger charge is -2.12. The number of oxime groups is 1. The highest BCUT2D eigenvalue weighted by molar-refractivity contribution is 6.55. The Hall–Kier alpha value is -1.59. The maximum atomic E-state index is 6.28. The molecule has 32 heavy (non-hydrogen) atoms. The monoisotopic (exact) mass is 517 g/mol. The highest BCUT2D eigenvalue weighted by atomic mass is 35.5. The fourth-order valence-electron chi connectivity index (χ4n) is 2.60. The summed E-state index contributed by atoms with van der Waals surface area (Å²) in [6.45, 7) is 4.79. The summed E-state index contributed by atoms with van der Waals surface area (Å²) in [5.74, 6) is 0.966. The van der Waals surface area contributed by atoms with Crippen LogP contribution in [-0.4, -0.2) is 25.5 Å². The maximum absolute atomic E-state index is 6.28. The topological polar surface area (TPSA) is 40.0 Å². The van der Waals surface area contributed by atoms with Crippen molar-refractivity contribution >= 4 is 52.6 Å². The molecule has 0 aliphatic heterocycles. The molecular formula is C24H27Cl4NO3. The number of unbranched alkanes of at least 4 members (excludes halogenated alkanes) is 1. The van der Waals surface area contributed by atoms with Crippen LogP contribution in [-0.2, 0) is 11.3 Å². The smallest absolute Gasteiger partial charge is 0.156 e. The van der Waals surface area contributed by atoms with E-state index in [0.29, 0.717) is 28.2 Å². The standard InChI is InChI=1S/C24H27Cl4NO3/c1-3-17(2)32-29-16-19-9-7-18(8-10-19)6-4-5-12-31-24-21(25)14-20(15-22(24)26)30-13-11-23(27)28/h7-11,14-17H,3-6,12-13H2,1-2H3. The van der Waals surface area contributed by atoms with Gasteiger partial charge in [0.15, 0.2) is 5.75 Å². The van der Waals surface area contributed by atoms with Crippen LogP contribution < -0.4 is 9.47 Å². The molecule has 0 aliphatic rings. The minimum Gasteiger partial charge on any atom is -0.490 e. The van der Waals surface area contributed by atoms with Gasteiger partial charge in [-0.2, -0.15) is 0 Å². The van der Waals surface area contributed by atoms with Gasteiger partial charge in [0.25, 0.3) is 0 Å². The minimum atomic E-state index is 0.127. The van der Waals surface area contributed by atoms with Crippen molar-refractivity contribution in [1.29, 1.82) is 0 Å². The van der Waals surface area contributed by atoms with Crippen LogP contribution in [0.5, 0.6) is 11.5 Å². The van der Waals surface area contributed by atoms with Crippen molar-refractivity contribution < 1.29 is 14.3 Å². The van der Waals surface area contributed by atoms with Crippen molar-refractivity contribution in [2.45, 2.75) is 45.6 Å². The summed E-state index contributed by atoms with van der Waals surface area (Å²) in [5.41, 5.74) is 2.27. The van der Waals surface area contributed by atoms with E-state index in [-0.39, 0.29) is 17.2 Å². The predicted octanol–water partition coefficient (Wildman–Crippen LogP) is 8.24. The zero-order valence-corrected chi connectivity index (χ0v) is 21.1. The van der Waals surface area contributed by atoms with Gasteiger partial charge in [-0.3, -0.25) is 0 Å². The van der Waals surface area contributed by atoms with Gasteiger partial charge in [0.2, 0.25) is 0 Å². The molecule has 0 bridgehead atoms. The summed E-state index contributed by atoms with van der Waals surface area (Å²) in [7, 11) is 0. The number of benzene rings is 2. The van der Waals surface area contributed by atoms with Gasteiger partial charge in [-0.05, 0) is 49.8 Å². The van der Waals surface area contributed by atoms with Gasteiger partial charge < -0.3 is 14.3 Å². The van der Waals surface area contributed by atoms with E-state index in [0.717, 1.165) is 31.2 Å². The van der Waals surface area contributed by atoms with Crippen LogP contribution in [0.2, 0.25) is 10.0 Å². The van der Waals surface area contributed by atoms with Gasteiger partial charge in [0.1, 0.15) is 23.0 Å². The fraction of sp³-hybridized carbons (Fsp3) is 0.375. The normalized spacial score (nSPS) is 11.9. The van der Waals surface area contributed by atoms with Gasteiger partial charge in [0, 0.05) is 12.1 Å². The fourth-order valence-corrected chi connectivity index (χ4v) is 3.31. The van der Waals surface area contributed by atoms with Gasteiger partial charge in [-0.1, -0.05) is 82.7 Å². The van der Waals surface area contributed by atoms with E-state index in [1.54, 1.807) is 18.3 Å². The van der Waals surface area contributed by atoms with Crippen LogP contribution in [0.4, 0.5) is 0 Å². The SMILES string of the molecule is CCC(C)ON=Cc1ccc(CCCCOc2c(Cl)cc(OCC=C(Cl)Cl)cc2Cl)cc1. The van der Waals surface area contributed by atoms with Crippen molar-refractivity contribution in [2.24, 2.45) is 5.16 Å². The molecule has 1 atom stereocenters. The molecule has 174 valence electrons. The lowest BCUT2D eigenvalue weighted by Crippen LogP contribution is -2.01. The Morgan fingerprint density at radius 2 is 1.72 bits per heavy atom. The molecule has 0 aromatic heterocycles. The van der Waals surface area contributed by atoms with Crippen molar-refractivity contribution in [1.82, 2.24) is 0 Å². The molecule has 2 aromatic carbocycles. The average molecular weight is 519 g/mol. The maximum Gasteiger partial charge on any atom is 0.156 e. The van der Waals surface area contributed by atoms with Gasteiger partial charge >= 0.3 is 0 Å². The zero-order valence-electron chi connectivity index (χ0n) is 18.1. The average Bonchev–Trinajstić information content (AvgIpc) is 2.75. The van der Waals surface area contributed by atoms with E-state index >= 15 is 0 Å². The van der Waals surface area contributed by atoms with Gasteiger partial charge in [-0.25, -0.2) is 0 Å². The molecule has 0 saturated carbocycles. The Morgan fingerprint density at radius 3 is 2.34 bits per heavy atom. The Morgan fingerprint density at radius 1 is 1.03 bits per heavy atom. The number of hydrogen-bond donors (Lipinski definition) is 0. The summed E-state index contributed by atoms with van der Waals surface area (Å²) < 4.78 is 11.4. The quantitative estimate of drug-likeness (QED) is 0.152. The zero-order chi connectivity index (χ0) is 23.3. The summed E-state index contributed by atoms with van der Waals surface area (Å²) in [6.07, 6.45) is 7.12. The van der Waals surface area contributed by atoms with Gasteiger partial charge in [-0.15, -0.1) is 0 Å². The molecule has 1 unspecified atom stereocenters. The second-order valence-corrected chi connectivity index (χ2v) is 8.95. The number of rotatable bonds is 13. The molecule has 0 radical (unpaired) electrons. The number of nitrogens with zero attached hydrogens (tertiary/aromatic N) is 1. The molecule has 0 aliphatic carbocycles. The molecule has 0 saturated heterocycles. The Balaban J connectivity index is 1.74. The molecular weight excluding hydrogens is 492 g/mol. The largest absolute Gasteiger partial charge is 0.490 e. The second-order valence-electron chi connectivity index (χ2n) is 7.13. The van der Waals surface area contributed by atoms with E-state index in [1.807, 2.05) is 19.1 Å². The molecule has 0 heterocycles. The first kappa shape index (κ1) is 26.7. The number of aryl methyl sites for hydroxylation is 1. The van der Waals surface area contributed by atoms with Crippen molar-refractivity contribution in [3.8, 4) is 11.5 Å². The lowest BCUT2D eigenvalue weighted by atomic mass is 10.1. The molecule has 8 heteroatoms. The van der Waals surface area contributed by atoms with Crippen molar-refractivity contribution in [2.75, 3.05) is 13.2 Å². The summed E-state index contributed by atoms with van der Waals surface area (Å²) in [5, 5.41) is 4.80. The summed E-state index contributed by atoms with van der Waals surface area (Å²) >= 11 is 23.7.